The number of aromatic amines is 1. The van der Waals surface area contributed by atoms with Gasteiger partial charge in [-0.15, -0.1) is 0 Å². The molecule has 0 amide bonds. The number of aromatic nitrogens is 5. The third-order valence-corrected chi connectivity index (χ3v) is 3.79. The molecule has 0 aliphatic carbocycles. The Morgan fingerprint density at radius 1 is 1.08 bits per heavy atom. The number of nitrogens with zero attached hydrogens (tertiary/aromatic N) is 4. The van der Waals surface area contributed by atoms with Crippen LogP contribution in [-0.4, -0.2) is 31.6 Å². The number of benzene rings is 1. The van der Waals surface area contributed by atoms with Gasteiger partial charge in [-0.05, 0) is 25.1 Å². The third kappa shape index (κ3) is 2.88. The number of nitrogens with one attached hydrogen (secondary N) is 1. The highest BCUT2D eigenvalue weighted by Crippen LogP contribution is 2.24. The number of fused-ring (bicyclic) bond motifs is 1. The molecule has 0 aliphatic rings. The van der Waals surface area contributed by atoms with Crippen molar-refractivity contribution < 1.29 is 9.47 Å². The molecule has 4 rings (SSSR count). The first kappa shape index (κ1) is 15.8. The van der Waals surface area contributed by atoms with E-state index in [1.807, 2.05) is 18.2 Å². The lowest BCUT2D eigenvalue weighted by molar-refractivity contribution is 0.407. The van der Waals surface area contributed by atoms with Crippen molar-refractivity contribution in [2.24, 2.45) is 0 Å². The number of H-pyrrole nitrogens is 1. The Morgan fingerprint density at radius 3 is 2.69 bits per heavy atom. The molecule has 0 bridgehead atoms. The van der Waals surface area contributed by atoms with E-state index in [2.05, 4.69) is 19.9 Å². The van der Waals surface area contributed by atoms with E-state index in [4.69, 9.17) is 9.47 Å². The minimum Gasteiger partial charge on any atom is -0.497 e. The Balaban J connectivity index is 1.67. The number of ether oxygens (including phenoxy) is 2. The molecule has 3 heterocycles. The average Bonchev–Trinajstić information content (AvgIpc) is 2.98. The van der Waals surface area contributed by atoms with Gasteiger partial charge in [0.25, 0.3) is 0 Å². The minimum absolute atomic E-state index is 0.303. The van der Waals surface area contributed by atoms with Crippen LogP contribution >= 0.6 is 0 Å². The quantitative estimate of drug-likeness (QED) is 0.608. The Morgan fingerprint density at radius 2 is 1.92 bits per heavy atom. The van der Waals surface area contributed by atoms with E-state index >= 15 is 0 Å². The Hall–Kier alpha value is -3.68. The van der Waals surface area contributed by atoms with Crippen molar-refractivity contribution in [1.82, 2.24) is 24.5 Å². The normalized spacial score (nSPS) is 10.8. The number of pyridine rings is 1. The monoisotopic (exact) mass is 349 g/mol. The van der Waals surface area contributed by atoms with E-state index in [0.29, 0.717) is 40.1 Å². The Labute approximate surface area is 148 Å². The van der Waals surface area contributed by atoms with Crippen molar-refractivity contribution in [2.45, 2.75) is 6.92 Å². The number of hydrogen-bond acceptors (Lipinski definition) is 6. The van der Waals surface area contributed by atoms with Crippen LogP contribution in [0.15, 0.2) is 53.6 Å². The van der Waals surface area contributed by atoms with Gasteiger partial charge in [0.05, 0.1) is 25.2 Å². The van der Waals surface area contributed by atoms with Crippen molar-refractivity contribution in [3.8, 4) is 23.1 Å². The van der Waals surface area contributed by atoms with E-state index in [1.54, 1.807) is 44.6 Å². The van der Waals surface area contributed by atoms with Gasteiger partial charge in [0.1, 0.15) is 22.8 Å². The van der Waals surface area contributed by atoms with Gasteiger partial charge >= 0.3 is 5.69 Å². The number of imidazole rings is 1. The van der Waals surface area contributed by atoms with Gasteiger partial charge in [0, 0.05) is 12.1 Å². The summed E-state index contributed by atoms with van der Waals surface area (Å²) in [6.45, 7) is 1.77. The molecule has 1 N–H and O–H groups in total. The number of methoxy groups -OCH3 is 1. The van der Waals surface area contributed by atoms with Crippen LogP contribution in [0.5, 0.6) is 17.4 Å². The van der Waals surface area contributed by atoms with Crippen molar-refractivity contribution >= 4 is 11.2 Å². The lowest BCUT2D eigenvalue weighted by Gasteiger charge is -2.07. The van der Waals surface area contributed by atoms with Crippen LogP contribution in [0.2, 0.25) is 0 Å². The summed E-state index contributed by atoms with van der Waals surface area (Å²) in [4.78, 5) is 27.7. The topological polar surface area (TPSA) is 94.9 Å². The Kier molecular flexibility index (Phi) is 3.85. The van der Waals surface area contributed by atoms with Gasteiger partial charge in [-0.2, -0.15) is 0 Å². The van der Waals surface area contributed by atoms with Crippen LogP contribution in [0.25, 0.3) is 16.9 Å². The average molecular weight is 349 g/mol. The van der Waals surface area contributed by atoms with E-state index in [1.165, 1.54) is 4.57 Å². The van der Waals surface area contributed by atoms with Gasteiger partial charge in [-0.3, -0.25) is 0 Å². The van der Waals surface area contributed by atoms with Crippen LogP contribution in [-0.2, 0) is 0 Å². The van der Waals surface area contributed by atoms with Crippen molar-refractivity contribution in [2.75, 3.05) is 7.11 Å². The molecule has 0 spiro atoms. The molecule has 0 saturated heterocycles. The Bertz CT molecular complexity index is 1130. The molecule has 0 aliphatic heterocycles. The summed E-state index contributed by atoms with van der Waals surface area (Å²) in [5.74, 6) is 2.29. The van der Waals surface area contributed by atoms with E-state index in [0.717, 1.165) is 0 Å². The minimum atomic E-state index is -0.303. The summed E-state index contributed by atoms with van der Waals surface area (Å²) in [5, 5.41) is 0. The number of hydrogen-bond donors (Lipinski definition) is 1. The van der Waals surface area contributed by atoms with E-state index in [9.17, 15) is 4.79 Å². The molecule has 1 aromatic carbocycles. The molecule has 8 nitrogen and oxygen atoms in total. The molecule has 0 atom stereocenters. The highest BCUT2D eigenvalue weighted by atomic mass is 16.5. The molecule has 0 unspecified atom stereocenters. The summed E-state index contributed by atoms with van der Waals surface area (Å²) in [7, 11) is 1.59. The largest absolute Gasteiger partial charge is 0.497 e. The number of aryl methyl sites for hydroxylation is 1. The summed E-state index contributed by atoms with van der Waals surface area (Å²) < 4.78 is 12.3. The fourth-order valence-electron chi connectivity index (χ4n) is 2.57. The van der Waals surface area contributed by atoms with Crippen molar-refractivity contribution in [3.63, 3.8) is 0 Å². The molecule has 0 radical (unpaired) electrons. The van der Waals surface area contributed by atoms with Crippen LogP contribution < -0.4 is 15.2 Å². The molecular formula is C18H15N5O3. The van der Waals surface area contributed by atoms with Crippen LogP contribution in [0.3, 0.4) is 0 Å². The maximum Gasteiger partial charge on any atom is 0.332 e. The van der Waals surface area contributed by atoms with E-state index in [-0.39, 0.29) is 5.69 Å². The fourth-order valence-corrected chi connectivity index (χ4v) is 2.57. The highest BCUT2D eigenvalue weighted by molar-refractivity contribution is 5.71. The summed E-state index contributed by atoms with van der Waals surface area (Å²) >= 11 is 0. The predicted molar refractivity (Wildman–Crippen MR) is 95.1 cm³/mol. The van der Waals surface area contributed by atoms with Gasteiger partial charge in [0.2, 0.25) is 5.88 Å². The molecule has 0 fully saturated rings. The smallest absolute Gasteiger partial charge is 0.332 e. The summed E-state index contributed by atoms with van der Waals surface area (Å²) in [6.07, 6.45) is 3.14. The van der Waals surface area contributed by atoms with Crippen molar-refractivity contribution in [1.29, 1.82) is 0 Å². The second kappa shape index (κ2) is 6.32. The maximum absolute atomic E-state index is 12.3. The van der Waals surface area contributed by atoms with Crippen LogP contribution in [0.4, 0.5) is 0 Å². The zero-order valence-corrected chi connectivity index (χ0v) is 14.1. The molecule has 3 aromatic heterocycles. The lowest BCUT2D eigenvalue weighted by Crippen LogP contribution is -2.15. The SMILES string of the molecule is COc1cccc(Oc2ccc(-n3c(=O)[nH]c4cnc(C)nc43)cn2)c1. The second-order valence-corrected chi connectivity index (χ2v) is 5.56. The summed E-state index contributed by atoms with van der Waals surface area (Å²) in [6, 6.07) is 10.7. The predicted octanol–water partition coefficient (Wildman–Crippen LogP) is 2.61. The first-order valence-electron chi connectivity index (χ1n) is 7.87. The molecule has 26 heavy (non-hydrogen) atoms. The fraction of sp³-hybridized carbons (Fsp3) is 0.111. The van der Waals surface area contributed by atoms with Crippen LogP contribution in [0, 0.1) is 6.92 Å². The zero-order valence-electron chi connectivity index (χ0n) is 14.1. The maximum atomic E-state index is 12.3. The standard InChI is InChI=1S/C18H15N5O3/c1-11-19-10-15-17(21-11)23(18(24)22-15)12-6-7-16(20-9-12)26-14-5-3-4-13(8-14)25-2/h3-10H,1-2H3,(H,22,24). The first-order valence-corrected chi connectivity index (χ1v) is 7.87. The number of rotatable bonds is 4. The molecule has 8 heteroatoms. The lowest BCUT2D eigenvalue weighted by atomic mass is 10.3. The van der Waals surface area contributed by atoms with Crippen LogP contribution in [0.1, 0.15) is 5.82 Å². The van der Waals surface area contributed by atoms with Gasteiger partial charge in [0.15, 0.2) is 5.65 Å². The van der Waals surface area contributed by atoms with E-state index < -0.39 is 0 Å². The third-order valence-electron chi connectivity index (χ3n) is 3.79. The molecule has 0 saturated carbocycles. The van der Waals surface area contributed by atoms with Gasteiger partial charge in [-0.1, -0.05) is 6.07 Å². The van der Waals surface area contributed by atoms with Crippen molar-refractivity contribution in [3.05, 3.63) is 65.1 Å². The van der Waals surface area contributed by atoms with Gasteiger partial charge in [-0.25, -0.2) is 24.3 Å². The van der Waals surface area contributed by atoms with Gasteiger partial charge < -0.3 is 14.5 Å². The molecule has 4 aromatic rings. The second-order valence-electron chi connectivity index (χ2n) is 5.56. The molecular weight excluding hydrogens is 334 g/mol. The first-order chi connectivity index (χ1) is 12.6. The zero-order chi connectivity index (χ0) is 18.1. The highest BCUT2D eigenvalue weighted by Gasteiger charge is 2.11. The summed E-state index contributed by atoms with van der Waals surface area (Å²) in [5.41, 5.74) is 1.35. The molecule has 130 valence electrons.